The molecule has 0 unspecified atom stereocenters. The first-order valence-corrected chi connectivity index (χ1v) is 5.67. The highest BCUT2D eigenvalue weighted by Gasteiger charge is 1.98. The fourth-order valence-electron chi connectivity index (χ4n) is 1.50. The number of aromatic nitrogens is 1. The summed E-state index contributed by atoms with van der Waals surface area (Å²) in [5.74, 6) is -0.251. The van der Waals surface area contributed by atoms with Crippen molar-refractivity contribution in [2.24, 2.45) is 0 Å². The summed E-state index contributed by atoms with van der Waals surface area (Å²) in [5.41, 5.74) is 1.96. The molecule has 2 rings (SSSR count). The molecule has 0 spiro atoms. The Bertz CT molecular complexity index is 642. The SMILES string of the molecule is N#Cc1cccc(NC(=O)/C=C/c2cccnc2)c1. The molecule has 0 fully saturated rings. The third kappa shape index (κ3) is 3.79. The molecule has 0 aliphatic carbocycles. The summed E-state index contributed by atoms with van der Waals surface area (Å²) in [5, 5.41) is 11.5. The molecule has 1 amide bonds. The molecule has 1 heterocycles. The number of benzene rings is 1. The van der Waals surface area contributed by atoms with Crippen LogP contribution >= 0.6 is 0 Å². The zero-order valence-electron chi connectivity index (χ0n) is 10.1. The average molecular weight is 249 g/mol. The summed E-state index contributed by atoms with van der Waals surface area (Å²) < 4.78 is 0. The lowest BCUT2D eigenvalue weighted by molar-refractivity contribution is -0.111. The zero-order chi connectivity index (χ0) is 13.5. The van der Waals surface area contributed by atoms with Crippen LogP contribution in [0.2, 0.25) is 0 Å². The van der Waals surface area contributed by atoms with Gasteiger partial charge in [0.25, 0.3) is 0 Å². The van der Waals surface area contributed by atoms with Gasteiger partial charge in [0.05, 0.1) is 11.6 Å². The number of carbonyl (C=O) groups is 1. The van der Waals surface area contributed by atoms with Crippen LogP contribution in [-0.4, -0.2) is 10.9 Å². The molecule has 0 aliphatic heterocycles. The van der Waals surface area contributed by atoms with Gasteiger partial charge in [-0.05, 0) is 35.9 Å². The molecule has 2 aromatic rings. The third-order valence-corrected chi connectivity index (χ3v) is 2.37. The largest absolute Gasteiger partial charge is 0.322 e. The normalized spacial score (nSPS) is 10.1. The smallest absolute Gasteiger partial charge is 0.248 e. The van der Waals surface area contributed by atoms with E-state index in [2.05, 4.69) is 10.3 Å². The third-order valence-electron chi connectivity index (χ3n) is 2.37. The van der Waals surface area contributed by atoms with Crippen molar-refractivity contribution >= 4 is 17.7 Å². The summed E-state index contributed by atoms with van der Waals surface area (Å²) >= 11 is 0. The molecule has 19 heavy (non-hydrogen) atoms. The van der Waals surface area contributed by atoms with Crippen molar-refractivity contribution in [3.63, 3.8) is 0 Å². The van der Waals surface area contributed by atoms with Crippen LogP contribution in [0.5, 0.6) is 0 Å². The number of nitriles is 1. The van der Waals surface area contributed by atoms with Crippen LogP contribution in [0, 0.1) is 11.3 Å². The van der Waals surface area contributed by atoms with Gasteiger partial charge in [0, 0.05) is 24.2 Å². The Morgan fingerprint density at radius 1 is 1.32 bits per heavy atom. The van der Waals surface area contributed by atoms with E-state index in [-0.39, 0.29) is 5.91 Å². The van der Waals surface area contributed by atoms with Crippen LogP contribution in [0.1, 0.15) is 11.1 Å². The Hall–Kier alpha value is -2.93. The van der Waals surface area contributed by atoms with Gasteiger partial charge in [-0.2, -0.15) is 5.26 Å². The highest BCUT2D eigenvalue weighted by atomic mass is 16.1. The second kappa shape index (κ2) is 6.12. The summed E-state index contributed by atoms with van der Waals surface area (Å²) in [7, 11) is 0. The van der Waals surface area contributed by atoms with Crippen molar-refractivity contribution in [2.75, 3.05) is 5.32 Å². The maximum atomic E-state index is 11.7. The van der Waals surface area contributed by atoms with E-state index >= 15 is 0 Å². The van der Waals surface area contributed by atoms with Crippen molar-refractivity contribution in [3.05, 3.63) is 66.0 Å². The molecule has 0 atom stereocenters. The molecule has 1 N–H and O–H groups in total. The van der Waals surface area contributed by atoms with Crippen molar-refractivity contribution < 1.29 is 4.79 Å². The van der Waals surface area contributed by atoms with Gasteiger partial charge in [0.2, 0.25) is 5.91 Å². The fraction of sp³-hybridized carbons (Fsp3) is 0. The molecule has 92 valence electrons. The van der Waals surface area contributed by atoms with E-state index in [0.717, 1.165) is 5.56 Å². The van der Waals surface area contributed by atoms with E-state index in [4.69, 9.17) is 5.26 Å². The van der Waals surface area contributed by atoms with Gasteiger partial charge in [-0.15, -0.1) is 0 Å². The molecule has 4 nitrogen and oxygen atoms in total. The van der Waals surface area contributed by atoms with Crippen LogP contribution < -0.4 is 5.32 Å². The Kier molecular flexibility index (Phi) is 4.04. The molecular weight excluding hydrogens is 238 g/mol. The van der Waals surface area contributed by atoms with Gasteiger partial charge in [-0.1, -0.05) is 12.1 Å². The molecular formula is C15H11N3O. The number of rotatable bonds is 3. The molecule has 1 aromatic carbocycles. The van der Waals surface area contributed by atoms with Crippen LogP contribution in [0.25, 0.3) is 6.08 Å². The van der Waals surface area contributed by atoms with E-state index in [1.807, 2.05) is 12.1 Å². The number of nitrogens with zero attached hydrogens (tertiary/aromatic N) is 2. The number of hydrogen-bond acceptors (Lipinski definition) is 3. The minimum Gasteiger partial charge on any atom is -0.322 e. The molecule has 0 bridgehead atoms. The van der Waals surface area contributed by atoms with E-state index in [1.165, 1.54) is 6.08 Å². The molecule has 1 aromatic heterocycles. The fourth-order valence-corrected chi connectivity index (χ4v) is 1.50. The minimum absolute atomic E-state index is 0.251. The zero-order valence-corrected chi connectivity index (χ0v) is 10.1. The molecule has 0 aliphatic rings. The predicted octanol–water partition coefficient (Wildman–Crippen LogP) is 2.61. The number of pyridine rings is 1. The van der Waals surface area contributed by atoms with Crippen molar-refractivity contribution in [3.8, 4) is 6.07 Å². The van der Waals surface area contributed by atoms with Gasteiger partial charge in [0.1, 0.15) is 0 Å². The molecule has 4 heteroatoms. The molecule has 0 radical (unpaired) electrons. The number of hydrogen-bond donors (Lipinski definition) is 1. The summed E-state index contributed by atoms with van der Waals surface area (Å²) in [6.07, 6.45) is 6.44. The van der Waals surface area contributed by atoms with Gasteiger partial charge >= 0.3 is 0 Å². The topological polar surface area (TPSA) is 65.8 Å². The Balaban J connectivity index is 2.02. The van der Waals surface area contributed by atoms with Gasteiger partial charge in [0.15, 0.2) is 0 Å². The number of anilines is 1. The van der Waals surface area contributed by atoms with Crippen LogP contribution in [0.15, 0.2) is 54.9 Å². The van der Waals surface area contributed by atoms with Crippen molar-refractivity contribution in [1.29, 1.82) is 5.26 Å². The second-order valence-corrected chi connectivity index (χ2v) is 3.80. The van der Waals surface area contributed by atoms with Crippen molar-refractivity contribution in [2.45, 2.75) is 0 Å². The van der Waals surface area contributed by atoms with Crippen LogP contribution in [-0.2, 0) is 4.79 Å². The molecule has 0 saturated heterocycles. The highest BCUT2D eigenvalue weighted by molar-refractivity contribution is 6.01. The average Bonchev–Trinajstić information content (AvgIpc) is 2.46. The number of carbonyl (C=O) groups excluding carboxylic acids is 1. The number of nitrogens with one attached hydrogen (secondary N) is 1. The first-order chi connectivity index (χ1) is 9.28. The van der Waals surface area contributed by atoms with Crippen LogP contribution in [0.4, 0.5) is 5.69 Å². The summed E-state index contributed by atoms with van der Waals surface area (Å²) in [6, 6.07) is 12.4. The first-order valence-electron chi connectivity index (χ1n) is 5.67. The lowest BCUT2D eigenvalue weighted by Gasteiger charge is -2.01. The summed E-state index contributed by atoms with van der Waals surface area (Å²) in [4.78, 5) is 15.6. The summed E-state index contributed by atoms with van der Waals surface area (Å²) in [6.45, 7) is 0. The van der Waals surface area contributed by atoms with Gasteiger partial charge in [-0.25, -0.2) is 0 Å². The predicted molar refractivity (Wildman–Crippen MR) is 73.1 cm³/mol. The quantitative estimate of drug-likeness (QED) is 0.850. The van der Waals surface area contributed by atoms with Crippen LogP contribution in [0.3, 0.4) is 0 Å². The Morgan fingerprint density at radius 3 is 2.95 bits per heavy atom. The minimum atomic E-state index is -0.251. The highest BCUT2D eigenvalue weighted by Crippen LogP contribution is 2.09. The van der Waals surface area contributed by atoms with Crippen molar-refractivity contribution in [1.82, 2.24) is 4.98 Å². The van der Waals surface area contributed by atoms with Gasteiger partial charge in [-0.3, -0.25) is 9.78 Å². The lowest BCUT2D eigenvalue weighted by Crippen LogP contribution is -2.07. The first kappa shape index (κ1) is 12.5. The Morgan fingerprint density at radius 2 is 2.21 bits per heavy atom. The maximum Gasteiger partial charge on any atom is 0.248 e. The number of amides is 1. The van der Waals surface area contributed by atoms with E-state index in [9.17, 15) is 4.79 Å². The Labute approximate surface area is 111 Å². The van der Waals surface area contributed by atoms with E-state index in [0.29, 0.717) is 11.3 Å². The van der Waals surface area contributed by atoms with E-state index in [1.54, 1.807) is 48.8 Å². The van der Waals surface area contributed by atoms with E-state index < -0.39 is 0 Å². The van der Waals surface area contributed by atoms with Gasteiger partial charge < -0.3 is 5.32 Å². The molecule has 0 saturated carbocycles. The second-order valence-electron chi connectivity index (χ2n) is 3.80. The lowest BCUT2D eigenvalue weighted by atomic mass is 10.2. The maximum absolute atomic E-state index is 11.7. The standard InChI is InChI=1S/C15H11N3O/c16-10-13-3-1-5-14(9-13)18-15(19)7-6-12-4-2-8-17-11-12/h1-9,11H,(H,18,19)/b7-6+. The monoisotopic (exact) mass is 249 g/mol.